The van der Waals surface area contributed by atoms with Crippen LogP contribution in [0.5, 0.6) is 0 Å². The van der Waals surface area contributed by atoms with Crippen LogP contribution < -0.4 is 4.31 Å². The molecule has 0 aliphatic carbocycles. The van der Waals surface area contributed by atoms with Crippen LogP contribution in [0.25, 0.3) is 0 Å². The highest BCUT2D eigenvalue weighted by molar-refractivity contribution is 7.93. The van der Waals surface area contributed by atoms with E-state index in [0.29, 0.717) is 18.7 Å². The Morgan fingerprint density at radius 1 is 1.17 bits per heavy atom. The van der Waals surface area contributed by atoms with Gasteiger partial charge in [0.15, 0.2) is 6.10 Å². The molecule has 29 heavy (non-hydrogen) atoms. The quantitative estimate of drug-likeness (QED) is 0.673. The topological polar surface area (TPSA) is 84.0 Å². The smallest absolute Gasteiger partial charge is 0.338 e. The minimum absolute atomic E-state index is 0.00105. The van der Waals surface area contributed by atoms with Gasteiger partial charge in [0.05, 0.1) is 16.3 Å². The van der Waals surface area contributed by atoms with E-state index >= 15 is 0 Å². The number of sulfonamides is 1. The van der Waals surface area contributed by atoms with Crippen molar-refractivity contribution in [2.45, 2.75) is 24.3 Å². The molecule has 0 saturated heterocycles. The molecular formula is C20H21ClN2O5S. The van der Waals surface area contributed by atoms with E-state index in [-0.39, 0.29) is 21.4 Å². The fourth-order valence-corrected chi connectivity index (χ4v) is 5.15. The monoisotopic (exact) mass is 436 g/mol. The average Bonchev–Trinajstić information content (AvgIpc) is 3.12. The maximum atomic E-state index is 13.2. The summed E-state index contributed by atoms with van der Waals surface area (Å²) in [5.74, 6) is -1.18. The number of hydrogen-bond donors (Lipinski definition) is 0. The maximum absolute atomic E-state index is 13.2. The first kappa shape index (κ1) is 21.1. The van der Waals surface area contributed by atoms with Gasteiger partial charge in [-0.05, 0) is 43.2 Å². The first-order valence-electron chi connectivity index (χ1n) is 8.95. The number of esters is 1. The number of benzene rings is 2. The van der Waals surface area contributed by atoms with Crippen molar-refractivity contribution in [3.8, 4) is 0 Å². The van der Waals surface area contributed by atoms with Crippen molar-refractivity contribution in [1.82, 2.24) is 4.90 Å². The highest BCUT2D eigenvalue weighted by Gasteiger charge is 2.33. The van der Waals surface area contributed by atoms with E-state index in [9.17, 15) is 18.0 Å². The molecule has 9 heteroatoms. The average molecular weight is 437 g/mol. The van der Waals surface area contributed by atoms with Crippen LogP contribution in [0.15, 0.2) is 47.4 Å². The van der Waals surface area contributed by atoms with Gasteiger partial charge in [0.2, 0.25) is 0 Å². The number of amides is 1. The highest BCUT2D eigenvalue weighted by Crippen LogP contribution is 2.35. The molecule has 0 fully saturated rings. The molecule has 0 aromatic heterocycles. The van der Waals surface area contributed by atoms with E-state index in [2.05, 4.69) is 0 Å². The van der Waals surface area contributed by atoms with Crippen LogP contribution in [0.3, 0.4) is 0 Å². The summed E-state index contributed by atoms with van der Waals surface area (Å²) in [4.78, 5) is 25.5. The van der Waals surface area contributed by atoms with Gasteiger partial charge < -0.3 is 9.64 Å². The molecule has 1 heterocycles. The Morgan fingerprint density at radius 2 is 1.86 bits per heavy atom. The Morgan fingerprint density at radius 3 is 2.55 bits per heavy atom. The molecule has 0 radical (unpaired) electrons. The number of nitrogens with zero attached hydrogens (tertiary/aromatic N) is 2. The predicted octanol–water partition coefficient (Wildman–Crippen LogP) is 2.72. The molecule has 7 nitrogen and oxygen atoms in total. The fourth-order valence-electron chi connectivity index (χ4n) is 3.15. The number of likely N-dealkylation sites (N-methyl/N-ethyl adjacent to an activating group) is 1. The van der Waals surface area contributed by atoms with Crippen LogP contribution in [0.2, 0.25) is 5.02 Å². The number of ether oxygens (including phenoxy) is 1. The molecule has 1 aliphatic heterocycles. The van der Waals surface area contributed by atoms with Crippen molar-refractivity contribution in [3.63, 3.8) is 0 Å². The Balaban J connectivity index is 1.92. The number of para-hydroxylation sites is 1. The molecule has 0 spiro atoms. The molecule has 2 aromatic rings. The number of halogens is 1. The minimum atomic E-state index is -3.98. The normalized spacial score (nSPS) is 14.3. The van der Waals surface area contributed by atoms with Crippen molar-refractivity contribution >= 4 is 39.2 Å². The van der Waals surface area contributed by atoms with Crippen molar-refractivity contribution in [2.24, 2.45) is 0 Å². The molecular weight excluding hydrogens is 416 g/mol. The zero-order valence-electron chi connectivity index (χ0n) is 16.3. The van der Waals surface area contributed by atoms with Gasteiger partial charge in [0.25, 0.3) is 15.9 Å². The summed E-state index contributed by atoms with van der Waals surface area (Å²) in [6, 6.07) is 11.1. The number of hydrogen-bond acceptors (Lipinski definition) is 5. The third-order valence-corrected chi connectivity index (χ3v) is 6.95. The largest absolute Gasteiger partial charge is 0.449 e. The van der Waals surface area contributed by atoms with Crippen LogP contribution in [-0.4, -0.2) is 51.9 Å². The molecule has 2 aromatic carbocycles. The molecule has 0 bridgehead atoms. The lowest BCUT2D eigenvalue weighted by atomic mass is 10.2. The predicted molar refractivity (Wildman–Crippen MR) is 110 cm³/mol. The zero-order chi connectivity index (χ0) is 21.3. The second-order valence-corrected chi connectivity index (χ2v) is 9.12. The lowest BCUT2D eigenvalue weighted by Gasteiger charge is -2.21. The second-order valence-electron chi connectivity index (χ2n) is 6.88. The van der Waals surface area contributed by atoms with Crippen LogP contribution in [0, 0.1) is 0 Å². The van der Waals surface area contributed by atoms with E-state index in [1.54, 1.807) is 26.2 Å². The van der Waals surface area contributed by atoms with Gasteiger partial charge in [-0.1, -0.05) is 29.8 Å². The van der Waals surface area contributed by atoms with E-state index in [1.165, 1.54) is 34.3 Å². The summed E-state index contributed by atoms with van der Waals surface area (Å²) >= 11 is 6.17. The van der Waals surface area contributed by atoms with E-state index in [1.807, 2.05) is 12.1 Å². The summed E-state index contributed by atoms with van der Waals surface area (Å²) in [6.07, 6.45) is -0.405. The summed E-state index contributed by atoms with van der Waals surface area (Å²) < 4.78 is 32.9. The zero-order valence-corrected chi connectivity index (χ0v) is 17.8. The lowest BCUT2D eigenvalue weighted by molar-refractivity contribution is -0.137. The van der Waals surface area contributed by atoms with E-state index < -0.39 is 22.1 Å². The molecule has 0 unspecified atom stereocenters. The van der Waals surface area contributed by atoms with Crippen LogP contribution >= 0.6 is 11.6 Å². The first-order valence-corrected chi connectivity index (χ1v) is 10.8. The Bertz CT molecular complexity index is 1070. The van der Waals surface area contributed by atoms with Gasteiger partial charge in [-0.3, -0.25) is 9.10 Å². The Kier molecular flexibility index (Phi) is 5.86. The summed E-state index contributed by atoms with van der Waals surface area (Å²) in [5.41, 5.74) is 1.53. The van der Waals surface area contributed by atoms with Crippen molar-refractivity contribution in [1.29, 1.82) is 0 Å². The van der Waals surface area contributed by atoms with E-state index in [4.69, 9.17) is 16.3 Å². The third-order valence-electron chi connectivity index (χ3n) is 4.65. The molecule has 1 atom stereocenters. The van der Waals surface area contributed by atoms with Gasteiger partial charge in [-0.2, -0.15) is 0 Å². The highest BCUT2D eigenvalue weighted by atomic mass is 35.5. The van der Waals surface area contributed by atoms with Crippen LogP contribution in [0.4, 0.5) is 5.69 Å². The number of carbonyl (C=O) groups excluding carboxylic acids is 2. The van der Waals surface area contributed by atoms with Crippen molar-refractivity contribution < 1.29 is 22.7 Å². The van der Waals surface area contributed by atoms with Gasteiger partial charge >= 0.3 is 5.97 Å². The second kappa shape index (κ2) is 8.04. The number of carbonyl (C=O) groups is 2. The third kappa shape index (κ3) is 4.09. The number of rotatable bonds is 5. The Hall–Kier alpha value is -2.58. The van der Waals surface area contributed by atoms with Gasteiger partial charge in [-0.25, -0.2) is 13.2 Å². The van der Waals surface area contributed by atoms with Crippen LogP contribution in [-0.2, 0) is 26.0 Å². The molecule has 0 saturated carbocycles. The standard InChI is InChI=1S/C20H21ClN2O5S/c1-13(19(24)22(2)3)28-20(25)15-8-9-16(21)18(12-15)29(26,27)23-11-10-14-6-4-5-7-17(14)23/h4-9,12-13H,10-11H2,1-3H3/t13-/m0/s1. The SMILES string of the molecule is C[C@H](OC(=O)c1ccc(Cl)c(S(=O)(=O)N2CCc3ccccc32)c1)C(=O)N(C)C. The van der Waals surface area contributed by atoms with Gasteiger partial charge in [0, 0.05) is 20.6 Å². The summed E-state index contributed by atoms with van der Waals surface area (Å²) in [6.45, 7) is 1.75. The van der Waals surface area contributed by atoms with Crippen molar-refractivity contribution in [2.75, 3.05) is 24.9 Å². The molecule has 154 valence electrons. The maximum Gasteiger partial charge on any atom is 0.338 e. The summed E-state index contributed by atoms with van der Waals surface area (Å²) in [5, 5.41) is 0.00310. The minimum Gasteiger partial charge on any atom is -0.449 e. The molecule has 0 N–H and O–H groups in total. The molecule has 1 aliphatic rings. The van der Waals surface area contributed by atoms with E-state index in [0.717, 1.165) is 5.56 Å². The van der Waals surface area contributed by atoms with Gasteiger partial charge in [-0.15, -0.1) is 0 Å². The Labute approximate surface area is 174 Å². The lowest BCUT2D eigenvalue weighted by Crippen LogP contribution is -2.35. The van der Waals surface area contributed by atoms with Crippen LogP contribution in [0.1, 0.15) is 22.8 Å². The number of anilines is 1. The molecule has 3 rings (SSSR count). The summed E-state index contributed by atoms with van der Waals surface area (Å²) in [7, 11) is -0.880. The first-order chi connectivity index (χ1) is 13.6. The molecule has 1 amide bonds. The van der Waals surface area contributed by atoms with Gasteiger partial charge in [0.1, 0.15) is 4.90 Å². The van der Waals surface area contributed by atoms with Crippen molar-refractivity contribution in [3.05, 3.63) is 58.6 Å². The number of fused-ring (bicyclic) bond motifs is 1. The fraction of sp³-hybridized carbons (Fsp3) is 0.300.